The molecule has 0 aromatic heterocycles. The van der Waals surface area contributed by atoms with Gasteiger partial charge < -0.3 is 5.32 Å². The Bertz CT molecular complexity index is 1150. The number of hydrogen-bond acceptors (Lipinski definition) is 3. The Labute approximate surface area is 188 Å². The van der Waals surface area contributed by atoms with Gasteiger partial charge in [0.15, 0.2) is 0 Å². The van der Waals surface area contributed by atoms with Gasteiger partial charge in [0.2, 0.25) is 11.8 Å². The van der Waals surface area contributed by atoms with E-state index in [9.17, 15) is 14.4 Å². The van der Waals surface area contributed by atoms with Crippen LogP contribution in [0.3, 0.4) is 0 Å². The number of allylic oxidation sites excluding steroid dienone is 2. The van der Waals surface area contributed by atoms with Crippen molar-refractivity contribution in [3.8, 4) is 0 Å². The molecule has 1 saturated heterocycles. The molecule has 1 N–H and O–H groups in total. The van der Waals surface area contributed by atoms with Crippen molar-refractivity contribution in [3.05, 3.63) is 70.2 Å². The molecule has 7 rings (SSSR count). The van der Waals surface area contributed by atoms with Gasteiger partial charge in [0.1, 0.15) is 0 Å². The van der Waals surface area contributed by atoms with Gasteiger partial charge in [-0.2, -0.15) is 0 Å². The largest absolute Gasteiger partial charge is 0.322 e. The smallest absolute Gasteiger partial charge is 0.255 e. The molecule has 4 aliphatic carbocycles. The molecular weight excluding hydrogens is 456 g/mol. The van der Waals surface area contributed by atoms with Gasteiger partial charge in [-0.1, -0.05) is 34.1 Å². The fourth-order valence-electron chi connectivity index (χ4n) is 5.96. The molecule has 5 aliphatic rings. The molecule has 1 heterocycles. The number of carbonyl (C=O) groups is 3. The molecule has 31 heavy (non-hydrogen) atoms. The standard InChI is InChI=1S/C25H21BrN2O3/c1-12-9-14(26)5-8-20(12)27-23(29)13-3-2-4-15(10-13)28-24(30)21-16-6-7-17(19-11-18(16)19)22(21)25(28)31/h2-10,16-19,21-22H,11H2,1H3,(H,27,29)/t16-,17+,18-,19-,21+,22-/m1/s1. The average Bonchev–Trinajstić information content (AvgIpc) is 3.53. The number of imide groups is 1. The molecule has 3 fully saturated rings. The SMILES string of the molecule is Cc1cc(Br)ccc1NC(=O)c1cccc(N2C(=O)[C@@H]3[C@H]4C=C[C@H]([C@H]5C[C@H]45)[C@@H]3C2=O)c1. The minimum Gasteiger partial charge on any atom is -0.322 e. The second-order valence-corrected chi connectivity index (χ2v) is 10.0. The Kier molecular flexibility index (Phi) is 4.06. The van der Waals surface area contributed by atoms with E-state index in [2.05, 4.69) is 33.4 Å². The van der Waals surface area contributed by atoms with Crippen molar-refractivity contribution >= 4 is 45.0 Å². The van der Waals surface area contributed by atoms with E-state index >= 15 is 0 Å². The lowest BCUT2D eigenvalue weighted by atomic mass is 9.63. The monoisotopic (exact) mass is 476 g/mol. The molecule has 5 nitrogen and oxygen atoms in total. The molecule has 6 atom stereocenters. The van der Waals surface area contributed by atoms with Gasteiger partial charge >= 0.3 is 0 Å². The van der Waals surface area contributed by atoms with Crippen molar-refractivity contribution < 1.29 is 14.4 Å². The maximum absolute atomic E-state index is 13.3. The first-order valence-electron chi connectivity index (χ1n) is 10.7. The number of rotatable bonds is 3. The summed E-state index contributed by atoms with van der Waals surface area (Å²) in [5.74, 6) is 0.539. The number of nitrogens with zero attached hydrogens (tertiary/aromatic N) is 1. The first-order chi connectivity index (χ1) is 14.9. The first-order valence-corrected chi connectivity index (χ1v) is 11.5. The van der Waals surface area contributed by atoms with Crippen molar-refractivity contribution in [1.82, 2.24) is 0 Å². The number of carbonyl (C=O) groups excluding carboxylic acids is 3. The zero-order valence-corrected chi connectivity index (χ0v) is 18.5. The molecule has 2 aromatic carbocycles. The van der Waals surface area contributed by atoms with Crippen LogP contribution in [0.4, 0.5) is 11.4 Å². The number of nitrogens with one attached hydrogen (secondary N) is 1. The van der Waals surface area contributed by atoms with Crippen LogP contribution in [0.2, 0.25) is 0 Å². The van der Waals surface area contributed by atoms with E-state index < -0.39 is 0 Å². The van der Waals surface area contributed by atoms with Crippen molar-refractivity contribution in [3.63, 3.8) is 0 Å². The third-order valence-corrected chi connectivity index (χ3v) is 7.96. The van der Waals surface area contributed by atoms with Gasteiger partial charge in [0, 0.05) is 15.7 Å². The van der Waals surface area contributed by atoms with E-state index in [-0.39, 0.29) is 41.4 Å². The molecule has 1 aliphatic heterocycles. The quantitative estimate of drug-likeness (QED) is 0.521. The Hall–Kier alpha value is -2.73. The zero-order chi connectivity index (χ0) is 21.4. The predicted octanol–water partition coefficient (Wildman–Crippen LogP) is 4.57. The second-order valence-electron chi connectivity index (χ2n) is 9.13. The molecule has 0 radical (unpaired) electrons. The number of halogens is 1. The summed E-state index contributed by atoms with van der Waals surface area (Å²) in [7, 11) is 0. The van der Waals surface area contributed by atoms with Gasteiger partial charge in [0.25, 0.3) is 5.91 Å². The van der Waals surface area contributed by atoms with Crippen LogP contribution >= 0.6 is 15.9 Å². The maximum Gasteiger partial charge on any atom is 0.255 e. The minimum atomic E-state index is -0.272. The van der Waals surface area contributed by atoms with Crippen LogP contribution in [0.25, 0.3) is 0 Å². The molecule has 2 bridgehead atoms. The number of benzene rings is 2. The van der Waals surface area contributed by atoms with E-state index in [1.165, 1.54) is 4.90 Å². The fraction of sp³-hybridized carbons (Fsp3) is 0.320. The van der Waals surface area contributed by atoms with Crippen LogP contribution in [-0.2, 0) is 9.59 Å². The van der Waals surface area contributed by atoms with Crippen LogP contribution in [0, 0.1) is 42.4 Å². The topological polar surface area (TPSA) is 66.5 Å². The second kappa shape index (κ2) is 6.63. The van der Waals surface area contributed by atoms with Gasteiger partial charge in [-0.3, -0.25) is 14.4 Å². The summed E-state index contributed by atoms with van der Waals surface area (Å²) in [6.07, 6.45) is 5.47. The Morgan fingerprint density at radius 3 is 2.32 bits per heavy atom. The van der Waals surface area contributed by atoms with E-state index in [0.29, 0.717) is 23.1 Å². The predicted molar refractivity (Wildman–Crippen MR) is 120 cm³/mol. The van der Waals surface area contributed by atoms with E-state index in [1.807, 2.05) is 25.1 Å². The number of anilines is 2. The number of amides is 3. The van der Waals surface area contributed by atoms with Gasteiger partial charge in [-0.25, -0.2) is 4.90 Å². The Morgan fingerprint density at radius 2 is 1.68 bits per heavy atom. The molecular formula is C25H21BrN2O3. The lowest BCUT2D eigenvalue weighted by molar-refractivity contribution is -0.124. The van der Waals surface area contributed by atoms with Crippen molar-refractivity contribution in [2.75, 3.05) is 10.2 Å². The molecule has 2 aromatic rings. The highest BCUT2D eigenvalue weighted by atomic mass is 79.9. The average molecular weight is 477 g/mol. The van der Waals surface area contributed by atoms with Crippen LogP contribution in [0.15, 0.2) is 59.1 Å². The highest BCUT2D eigenvalue weighted by Crippen LogP contribution is 2.65. The molecule has 6 heteroatoms. The third-order valence-electron chi connectivity index (χ3n) is 7.47. The van der Waals surface area contributed by atoms with Crippen LogP contribution in [0.1, 0.15) is 22.3 Å². The Morgan fingerprint density at radius 1 is 1.00 bits per heavy atom. The lowest BCUT2D eigenvalue weighted by Gasteiger charge is -2.37. The first kappa shape index (κ1) is 19.0. The van der Waals surface area contributed by atoms with Crippen molar-refractivity contribution in [2.24, 2.45) is 35.5 Å². The van der Waals surface area contributed by atoms with Crippen LogP contribution in [0.5, 0.6) is 0 Å². The highest BCUT2D eigenvalue weighted by molar-refractivity contribution is 9.10. The van der Waals surface area contributed by atoms with Gasteiger partial charge in [-0.05, 0) is 79.0 Å². The van der Waals surface area contributed by atoms with Gasteiger partial charge in [0.05, 0.1) is 17.5 Å². The summed E-state index contributed by atoms with van der Waals surface area (Å²) < 4.78 is 0.943. The van der Waals surface area contributed by atoms with E-state index in [1.54, 1.807) is 24.3 Å². The maximum atomic E-state index is 13.3. The third kappa shape index (κ3) is 2.77. The fourth-order valence-corrected chi connectivity index (χ4v) is 6.44. The van der Waals surface area contributed by atoms with E-state index in [0.717, 1.165) is 22.1 Å². The minimum absolute atomic E-state index is 0.110. The summed E-state index contributed by atoms with van der Waals surface area (Å²) in [6.45, 7) is 1.92. The number of hydrogen-bond donors (Lipinski definition) is 1. The summed E-state index contributed by atoms with van der Waals surface area (Å²) in [5, 5.41) is 2.92. The summed E-state index contributed by atoms with van der Waals surface area (Å²) in [6, 6.07) is 12.5. The number of aryl methyl sites for hydroxylation is 1. The highest BCUT2D eigenvalue weighted by Gasteiger charge is 2.67. The van der Waals surface area contributed by atoms with Gasteiger partial charge in [-0.15, -0.1) is 0 Å². The van der Waals surface area contributed by atoms with Crippen LogP contribution < -0.4 is 10.2 Å². The lowest BCUT2D eigenvalue weighted by Crippen LogP contribution is -2.40. The molecule has 2 saturated carbocycles. The summed E-state index contributed by atoms with van der Waals surface area (Å²) in [5.41, 5.74) is 2.56. The zero-order valence-electron chi connectivity index (χ0n) is 16.9. The summed E-state index contributed by atoms with van der Waals surface area (Å²) in [4.78, 5) is 40.8. The molecule has 0 spiro atoms. The molecule has 0 unspecified atom stereocenters. The van der Waals surface area contributed by atoms with Crippen molar-refractivity contribution in [2.45, 2.75) is 13.3 Å². The Balaban J connectivity index is 1.28. The molecule has 156 valence electrons. The van der Waals surface area contributed by atoms with E-state index in [4.69, 9.17) is 0 Å². The summed E-state index contributed by atoms with van der Waals surface area (Å²) >= 11 is 3.42. The molecule has 3 amide bonds. The van der Waals surface area contributed by atoms with Crippen molar-refractivity contribution in [1.29, 1.82) is 0 Å². The van der Waals surface area contributed by atoms with Crippen LogP contribution in [-0.4, -0.2) is 17.7 Å². The normalized spacial score (nSPS) is 32.1.